The summed E-state index contributed by atoms with van der Waals surface area (Å²) in [5.74, 6) is 0. The number of rotatable bonds is 2. The zero-order valence-electron chi connectivity index (χ0n) is 27.9. The molecule has 2 aromatic carbocycles. The first-order chi connectivity index (χ1) is 16.9. The van der Waals surface area contributed by atoms with Crippen molar-refractivity contribution in [3.8, 4) is 11.1 Å². The van der Waals surface area contributed by atoms with Crippen molar-refractivity contribution in [2.75, 3.05) is 0 Å². The molecule has 0 spiro atoms. The first-order valence-corrected chi connectivity index (χ1v) is 28.1. The van der Waals surface area contributed by atoms with Crippen LogP contribution in [-0.2, 0) is 45.5 Å². The molecule has 40 heavy (non-hydrogen) atoms. The molecule has 0 amide bonds. The topological polar surface area (TPSA) is 0 Å². The van der Waals surface area contributed by atoms with Gasteiger partial charge in [0.2, 0.25) is 0 Å². The SMILES string of the molecule is CC(C)(C)c1cc2c(cc1C(C)(C)C)-c1cc(C(C)(C)C)c(C(C)(C)C)[c]([Zr]([CH3])([CH3])(=[SiH2])[C]3=CC=CC3)c1C2.Cl.Cl. The third-order valence-electron chi connectivity index (χ3n) is 9.11. The molecule has 0 aromatic heterocycles. The second-order valence-corrected chi connectivity index (χ2v) is 46.0. The van der Waals surface area contributed by atoms with E-state index in [0.29, 0.717) is 0 Å². The molecule has 2 aliphatic carbocycles. The van der Waals surface area contributed by atoms with Crippen LogP contribution in [0.5, 0.6) is 0 Å². The van der Waals surface area contributed by atoms with Crippen molar-refractivity contribution in [3.05, 3.63) is 73.1 Å². The maximum absolute atomic E-state index is 3.54. The van der Waals surface area contributed by atoms with E-state index in [2.05, 4.69) is 136 Å². The number of benzene rings is 2. The molecule has 0 heterocycles. The van der Waals surface area contributed by atoms with Gasteiger partial charge in [-0.15, -0.1) is 24.8 Å². The molecule has 0 nitrogen and oxygen atoms in total. The molecule has 0 fully saturated rings. The summed E-state index contributed by atoms with van der Waals surface area (Å²) in [6.07, 6.45) is 9.39. The largest absolute Gasteiger partial charge is 0.147 e. The second kappa shape index (κ2) is 10.6. The fourth-order valence-electron chi connectivity index (χ4n) is 7.08. The molecule has 0 saturated carbocycles. The molecule has 4 rings (SSSR count). The number of hydrogen-bond donors (Lipinski definition) is 0. The first-order valence-electron chi connectivity index (χ1n) is 14.8. The molecule has 0 saturated heterocycles. The molecular weight excluding hydrogens is 623 g/mol. The maximum atomic E-state index is 2.72. The van der Waals surface area contributed by atoms with Crippen LogP contribution >= 0.6 is 24.8 Å². The van der Waals surface area contributed by atoms with E-state index in [0.717, 1.165) is 12.8 Å². The van der Waals surface area contributed by atoms with Crippen LogP contribution in [0.2, 0.25) is 9.26 Å². The summed E-state index contributed by atoms with van der Waals surface area (Å²) < 4.78 is 8.98. The van der Waals surface area contributed by atoms with Crippen molar-refractivity contribution in [1.29, 1.82) is 0 Å². The molecule has 0 atom stereocenters. The number of allylic oxidation sites excluding steroid dienone is 4. The van der Waals surface area contributed by atoms with Gasteiger partial charge in [0.25, 0.3) is 0 Å². The molecular formula is C36H56Cl2SiZr. The van der Waals surface area contributed by atoms with Crippen LogP contribution in [0.25, 0.3) is 11.1 Å². The third kappa shape index (κ3) is 6.14. The van der Waals surface area contributed by atoms with Gasteiger partial charge in [-0.25, -0.2) is 0 Å². The Balaban J connectivity index is 0.00000280. The van der Waals surface area contributed by atoms with Crippen molar-refractivity contribution in [2.24, 2.45) is 0 Å². The molecule has 0 radical (unpaired) electrons. The monoisotopic (exact) mass is 676 g/mol. The van der Waals surface area contributed by atoms with Gasteiger partial charge in [-0.3, -0.25) is 0 Å². The summed E-state index contributed by atoms with van der Waals surface area (Å²) in [4.78, 5) is 0. The minimum atomic E-state index is -3.54. The molecule has 222 valence electrons. The van der Waals surface area contributed by atoms with Gasteiger partial charge < -0.3 is 0 Å². The van der Waals surface area contributed by atoms with E-state index in [9.17, 15) is 0 Å². The fraction of sp³-hybridized carbons (Fsp3) is 0.556. The van der Waals surface area contributed by atoms with Gasteiger partial charge >= 0.3 is 239 Å². The van der Waals surface area contributed by atoms with E-state index >= 15 is 0 Å². The predicted molar refractivity (Wildman–Crippen MR) is 186 cm³/mol. The van der Waals surface area contributed by atoms with E-state index in [1.165, 1.54) is 27.8 Å². The van der Waals surface area contributed by atoms with Crippen molar-refractivity contribution < 1.29 is 17.4 Å². The Morgan fingerprint density at radius 3 is 1.55 bits per heavy atom. The Kier molecular flexibility index (Phi) is 9.53. The average Bonchev–Trinajstić information content (AvgIpc) is 3.37. The third-order valence-corrected chi connectivity index (χ3v) is 25.2. The van der Waals surface area contributed by atoms with Crippen LogP contribution in [0.15, 0.2) is 39.7 Å². The minimum Gasteiger partial charge on any atom is -0.147 e. The van der Waals surface area contributed by atoms with Gasteiger partial charge in [-0.2, -0.15) is 0 Å². The molecule has 0 bridgehead atoms. The molecule has 0 aliphatic heterocycles. The van der Waals surface area contributed by atoms with Crippen LogP contribution in [0.4, 0.5) is 0 Å². The van der Waals surface area contributed by atoms with Gasteiger partial charge in [0, 0.05) is 0 Å². The van der Waals surface area contributed by atoms with Crippen LogP contribution in [0.3, 0.4) is 0 Å². The van der Waals surface area contributed by atoms with Crippen molar-refractivity contribution >= 4 is 35.0 Å². The quantitative estimate of drug-likeness (QED) is 0.237. The number of fused-ring (bicyclic) bond motifs is 3. The van der Waals surface area contributed by atoms with E-state index in [1.807, 2.05) is 0 Å². The molecule has 2 aromatic rings. The number of hydrogen-bond acceptors (Lipinski definition) is 0. The summed E-state index contributed by atoms with van der Waals surface area (Å²) >= 11 is -3.54. The minimum absolute atomic E-state index is 0. The Bertz CT molecular complexity index is 1450. The summed E-state index contributed by atoms with van der Waals surface area (Å²) in [5.41, 5.74) is 12.9. The van der Waals surface area contributed by atoms with Crippen LogP contribution in [0, 0.1) is 0 Å². The van der Waals surface area contributed by atoms with E-state index in [1.54, 1.807) is 23.2 Å². The maximum Gasteiger partial charge on any atom is -0.147 e. The zero-order valence-corrected chi connectivity index (χ0v) is 33.4. The Morgan fingerprint density at radius 2 is 1.12 bits per heavy atom. The average molecular weight is 679 g/mol. The van der Waals surface area contributed by atoms with Gasteiger partial charge in [-0.05, 0) is 0 Å². The van der Waals surface area contributed by atoms with E-state index in [-0.39, 0.29) is 46.5 Å². The van der Waals surface area contributed by atoms with Crippen LogP contribution < -0.4 is 3.27 Å². The van der Waals surface area contributed by atoms with Gasteiger partial charge in [0.1, 0.15) is 0 Å². The van der Waals surface area contributed by atoms with Crippen LogP contribution in [0.1, 0.15) is 123 Å². The van der Waals surface area contributed by atoms with Gasteiger partial charge in [0.15, 0.2) is 0 Å². The first kappa shape index (κ1) is 35.8. The van der Waals surface area contributed by atoms with Gasteiger partial charge in [0.05, 0.1) is 0 Å². The molecule has 4 heteroatoms. The molecule has 0 unspecified atom stereocenters. The Hall–Kier alpha value is -0.400. The van der Waals surface area contributed by atoms with Crippen molar-refractivity contribution in [1.82, 2.24) is 0 Å². The predicted octanol–water partition coefficient (Wildman–Crippen LogP) is 10.1. The second-order valence-electron chi connectivity index (χ2n) is 17.4. The zero-order chi connectivity index (χ0) is 28.9. The fourth-order valence-corrected chi connectivity index (χ4v) is 21.3. The normalized spacial score (nSPS) is 15.7. The summed E-state index contributed by atoms with van der Waals surface area (Å²) in [7, 11) is 0. The Morgan fingerprint density at radius 1 is 0.650 bits per heavy atom. The summed E-state index contributed by atoms with van der Waals surface area (Å²) in [6.45, 7) is 31.4. The van der Waals surface area contributed by atoms with Crippen molar-refractivity contribution in [2.45, 2.75) is 127 Å². The number of halogens is 2. The van der Waals surface area contributed by atoms with Crippen molar-refractivity contribution in [3.63, 3.8) is 0 Å². The molecule has 0 N–H and O–H groups in total. The smallest absolute Gasteiger partial charge is 0.147 e. The molecule has 2 aliphatic rings. The van der Waals surface area contributed by atoms with Crippen LogP contribution in [-0.4, -0.2) is 6.88 Å². The summed E-state index contributed by atoms with van der Waals surface area (Å²) in [5, 5.41) is 0. The van der Waals surface area contributed by atoms with Gasteiger partial charge in [-0.1, -0.05) is 0 Å². The summed E-state index contributed by atoms with van der Waals surface area (Å²) in [6, 6.07) is 7.82. The van der Waals surface area contributed by atoms with E-state index < -0.39 is 17.4 Å². The van der Waals surface area contributed by atoms with E-state index in [4.69, 9.17) is 0 Å². The standard InChI is InChI=1S/C29H41.C5H5.2CH3.2ClH.H2Si.Zr/c1-26(2,3)22-14-18-13-19-15-23(27(4,5)6)25(29(10,11)12)17-21(19)20(18)16-24(22)28(7,8)9;1-2-4-5-3-1;;;;;;/h14,16-17H,13H2,1-12H3;1-3H,4H2;2*1H3;2*1H;1H2;. The Labute approximate surface area is 261 Å².